The number of amides is 2. The van der Waals surface area contributed by atoms with E-state index in [2.05, 4.69) is 10.6 Å². The summed E-state index contributed by atoms with van der Waals surface area (Å²) >= 11 is 0. The second-order valence-corrected chi connectivity index (χ2v) is 4.58. The average Bonchev–Trinajstić information content (AvgIpc) is 2.44. The van der Waals surface area contributed by atoms with Crippen LogP contribution in [0.4, 0.5) is 13.2 Å². The molecule has 2 amide bonds. The van der Waals surface area contributed by atoms with E-state index in [0.717, 1.165) is 4.90 Å². The van der Waals surface area contributed by atoms with Crippen molar-refractivity contribution < 1.29 is 22.8 Å². The number of carbonyl (C=O) groups excluding carboxylic acids is 2. The van der Waals surface area contributed by atoms with Gasteiger partial charge in [-0.2, -0.15) is 13.2 Å². The number of rotatable bonds is 3. The first-order valence-corrected chi connectivity index (χ1v) is 5.73. The van der Waals surface area contributed by atoms with Gasteiger partial charge in [-0.05, 0) is 6.42 Å². The molecule has 0 aromatic rings. The number of halogens is 4. The Bertz CT molecular complexity index is 360. The SMILES string of the molecule is Cl.O=C(NC1CCN(CC(F)(F)F)C1=O)C1CNC1. The van der Waals surface area contributed by atoms with Crippen LogP contribution in [-0.2, 0) is 9.59 Å². The van der Waals surface area contributed by atoms with Crippen LogP contribution >= 0.6 is 12.4 Å². The quantitative estimate of drug-likeness (QED) is 0.766. The second-order valence-electron chi connectivity index (χ2n) is 4.58. The van der Waals surface area contributed by atoms with Gasteiger partial charge in [-0.25, -0.2) is 0 Å². The van der Waals surface area contributed by atoms with Crippen LogP contribution in [0.3, 0.4) is 0 Å². The Morgan fingerprint density at radius 2 is 2.05 bits per heavy atom. The van der Waals surface area contributed by atoms with Gasteiger partial charge in [-0.1, -0.05) is 0 Å². The summed E-state index contributed by atoms with van der Waals surface area (Å²) in [6.45, 7) is -0.104. The zero-order valence-corrected chi connectivity index (χ0v) is 10.8. The summed E-state index contributed by atoms with van der Waals surface area (Å²) in [5.74, 6) is -1.08. The van der Waals surface area contributed by atoms with E-state index in [1.165, 1.54) is 0 Å². The second kappa shape index (κ2) is 5.96. The molecule has 2 aliphatic rings. The van der Waals surface area contributed by atoms with Gasteiger partial charge in [0.05, 0.1) is 5.92 Å². The van der Waals surface area contributed by atoms with Crippen LogP contribution < -0.4 is 10.6 Å². The molecule has 2 aliphatic heterocycles. The van der Waals surface area contributed by atoms with E-state index in [9.17, 15) is 22.8 Å². The highest BCUT2D eigenvalue weighted by Gasteiger charge is 2.40. The fourth-order valence-electron chi connectivity index (χ4n) is 2.01. The van der Waals surface area contributed by atoms with Crippen LogP contribution in [0.25, 0.3) is 0 Å². The first-order chi connectivity index (χ1) is 8.37. The van der Waals surface area contributed by atoms with Crippen LogP contribution in [0.15, 0.2) is 0 Å². The first-order valence-electron chi connectivity index (χ1n) is 5.73. The van der Waals surface area contributed by atoms with E-state index in [1.807, 2.05) is 0 Å². The van der Waals surface area contributed by atoms with Gasteiger partial charge in [0.15, 0.2) is 0 Å². The molecule has 0 aromatic heterocycles. The van der Waals surface area contributed by atoms with Crippen molar-refractivity contribution in [3.8, 4) is 0 Å². The fourth-order valence-corrected chi connectivity index (χ4v) is 2.01. The Morgan fingerprint density at radius 3 is 2.53 bits per heavy atom. The van der Waals surface area contributed by atoms with E-state index in [1.54, 1.807) is 0 Å². The molecule has 2 heterocycles. The summed E-state index contributed by atoms with van der Waals surface area (Å²) in [7, 11) is 0. The van der Waals surface area contributed by atoms with E-state index in [0.29, 0.717) is 13.1 Å². The molecule has 0 spiro atoms. The Balaban J connectivity index is 0.00000180. The number of likely N-dealkylation sites (tertiary alicyclic amines) is 1. The van der Waals surface area contributed by atoms with E-state index < -0.39 is 24.7 Å². The predicted molar refractivity (Wildman–Crippen MR) is 62.8 cm³/mol. The van der Waals surface area contributed by atoms with Crippen LogP contribution in [0.1, 0.15) is 6.42 Å². The van der Waals surface area contributed by atoms with Crippen LogP contribution in [0.2, 0.25) is 0 Å². The molecular weight excluding hydrogens is 287 g/mol. The third-order valence-electron chi connectivity index (χ3n) is 3.14. The molecule has 2 N–H and O–H groups in total. The predicted octanol–water partition coefficient (Wildman–Crippen LogP) is -0.0930. The third-order valence-corrected chi connectivity index (χ3v) is 3.14. The summed E-state index contributed by atoms with van der Waals surface area (Å²) in [4.78, 5) is 24.0. The molecule has 0 bridgehead atoms. The van der Waals surface area contributed by atoms with Crippen LogP contribution in [-0.4, -0.2) is 55.1 Å². The summed E-state index contributed by atoms with van der Waals surface area (Å²) in [6, 6.07) is -0.805. The minimum absolute atomic E-state index is 0. The van der Waals surface area contributed by atoms with Crippen molar-refractivity contribution in [1.29, 1.82) is 0 Å². The minimum Gasteiger partial charge on any atom is -0.344 e. The van der Waals surface area contributed by atoms with Crippen molar-refractivity contribution >= 4 is 24.2 Å². The van der Waals surface area contributed by atoms with E-state index >= 15 is 0 Å². The zero-order chi connectivity index (χ0) is 13.3. The number of nitrogens with zero attached hydrogens (tertiary/aromatic N) is 1. The maximum Gasteiger partial charge on any atom is 0.406 e. The Morgan fingerprint density at radius 1 is 1.42 bits per heavy atom. The molecule has 5 nitrogen and oxygen atoms in total. The highest BCUT2D eigenvalue weighted by Crippen LogP contribution is 2.21. The summed E-state index contributed by atoms with van der Waals surface area (Å²) in [5.41, 5.74) is 0. The number of hydrogen-bond donors (Lipinski definition) is 2. The molecule has 0 radical (unpaired) electrons. The minimum atomic E-state index is -4.40. The Kier molecular flexibility index (Phi) is 5.03. The third kappa shape index (κ3) is 3.97. The highest BCUT2D eigenvalue weighted by atomic mass is 35.5. The molecular formula is C10H15ClF3N3O2. The zero-order valence-electron chi connectivity index (χ0n) is 10.00. The molecule has 0 aromatic carbocycles. The highest BCUT2D eigenvalue weighted by molar-refractivity contribution is 5.90. The van der Waals surface area contributed by atoms with Crippen molar-refractivity contribution in [1.82, 2.24) is 15.5 Å². The van der Waals surface area contributed by atoms with E-state index in [4.69, 9.17) is 0 Å². The normalized spacial score (nSPS) is 23.8. The van der Waals surface area contributed by atoms with Gasteiger partial charge in [0, 0.05) is 19.6 Å². The van der Waals surface area contributed by atoms with Gasteiger partial charge in [0.2, 0.25) is 11.8 Å². The van der Waals surface area contributed by atoms with E-state index in [-0.39, 0.29) is 37.2 Å². The number of alkyl halides is 3. The van der Waals surface area contributed by atoms with Crippen molar-refractivity contribution in [2.45, 2.75) is 18.6 Å². The van der Waals surface area contributed by atoms with Crippen molar-refractivity contribution in [2.75, 3.05) is 26.2 Å². The molecule has 2 rings (SSSR count). The Hall–Kier alpha value is -1.02. The van der Waals surface area contributed by atoms with Gasteiger partial charge in [0.1, 0.15) is 12.6 Å². The lowest BCUT2D eigenvalue weighted by molar-refractivity contribution is -0.158. The lowest BCUT2D eigenvalue weighted by atomic mass is 10.0. The molecule has 0 saturated carbocycles. The molecule has 1 atom stereocenters. The molecule has 9 heteroatoms. The number of carbonyl (C=O) groups is 2. The summed E-state index contributed by atoms with van der Waals surface area (Å²) < 4.78 is 36.5. The number of hydrogen-bond acceptors (Lipinski definition) is 3. The molecule has 2 fully saturated rings. The number of nitrogens with one attached hydrogen (secondary N) is 2. The molecule has 110 valence electrons. The summed E-state index contributed by atoms with van der Waals surface area (Å²) in [5, 5.41) is 5.42. The van der Waals surface area contributed by atoms with Crippen LogP contribution in [0.5, 0.6) is 0 Å². The van der Waals surface area contributed by atoms with Crippen molar-refractivity contribution in [3.05, 3.63) is 0 Å². The van der Waals surface area contributed by atoms with Gasteiger partial charge in [-0.15, -0.1) is 12.4 Å². The molecule has 0 aliphatic carbocycles. The largest absolute Gasteiger partial charge is 0.406 e. The Labute approximate surface area is 114 Å². The standard InChI is InChI=1S/C10H14F3N3O2.ClH/c11-10(12,13)5-16-2-1-7(9(16)18)15-8(17)6-3-14-4-6;/h6-7,14H,1-5H2,(H,15,17);1H. The fraction of sp³-hybridized carbons (Fsp3) is 0.800. The maximum absolute atomic E-state index is 12.2. The molecule has 1 unspecified atom stereocenters. The molecule has 19 heavy (non-hydrogen) atoms. The summed E-state index contributed by atoms with van der Waals surface area (Å²) in [6.07, 6.45) is -4.16. The average molecular weight is 302 g/mol. The van der Waals surface area contributed by atoms with Crippen molar-refractivity contribution in [2.24, 2.45) is 5.92 Å². The lowest BCUT2D eigenvalue weighted by Crippen LogP contribution is -2.54. The molecule has 2 saturated heterocycles. The monoisotopic (exact) mass is 301 g/mol. The van der Waals surface area contributed by atoms with Crippen LogP contribution in [0, 0.1) is 5.92 Å². The van der Waals surface area contributed by atoms with Gasteiger partial charge in [0.25, 0.3) is 0 Å². The van der Waals surface area contributed by atoms with Gasteiger partial charge in [-0.3, -0.25) is 9.59 Å². The first kappa shape index (κ1) is 16.0. The topological polar surface area (TPSA) is 61.4 Å². The van der Waals surface area contributed by atoms with Gasteiger partial charge >= 0.3 is 6.18 Å². The van der Waals surface area contributed by atoms with Gasteiger partial charge < -0.3 is 15.5 Å². The van der Waals surface area contributed by atoms with Crippen molar-refractivity contribution in [3.63, 3.8) is 0 Å². The maximum atomic E-state index is 12.2. The lowest BCUT2D eigenvalue weighted by Gasteiger charge is -2.27. The smallest absolute Gasteiger partial charge is 0.344 e.